The van der Waals surface area contributed by atoms with Gasteiger partial charge in [0.05, 0.1) is 29.2 Å². The molecule has 2 aromatic carbocycles. The van der Waals surface area contributed by atoms with Gasteiger partial charge in [0.2, 0.25) is 10.0 Å². The summed E-state index contributed by atoms with van der Waals surface area (Å²) in [5.74, 6) is -0.986. The molecule has 0 bridgehead atoms. The summed E-state index contributed by atoms with van der Waals surface area (Å²) in [5.41, 5.74) is 4.75. The highest BCUT2D eigenvalue weighted by Crippen LogP contribution is 2.43. The van der Waals surface area contributed by atoms with E-state index in [9.17, 15) is 18.3 Å². The summed E-state index contributed by atoms with van der Waals surface area (Å²) < 4.78 is 28.1. The molecule has 4 aromatic rings. The molecule has 0 spiro atoms. The molecule has 11 heteroatoms. The predicted molar refractivity (Wildman–Crippen MR) is 150 cm³/mol. The smallest absolute Gasteiger partial charge is 0.335 e. The fourth-order valence-electron chi connectivity index (χ4n) is 4.68. The first kappa shape index (κ1) is 25.4. The maximum Gasteiger partial charge on any atom is 0.335 e. The Morgan fingerprint density at radius 1 is 1.05 bits per heavy atom. The number of pyridine rings is 1. The molecule has 0 saturated carbocycles. The Bertz CT molecular complexity index is 1620. The zero-order valence-corrected chi connectivity index (χ0v) is 22.2. The van der Waals surface area contributed by atoms with E-state index in [-0.39, 0.29) is 17.6 Å². The Morgan fingerprint density at radius 2 is 1.79 bits per heavy atom. The summed E-state index contributed by atoms with van der Waals surface area (Å²) in [4.78, 5) is 18.0. The van der Waals surface area contributed by atoms with E-state index in [1.165, 1.54) is 0 Å². The Balaban J connectivity index is 1.62. The molecule has 2 aromatic heterocycles. The first-order valence-corrected chi connectivity index (χ1v) is 14.0. The molecule has 3 N–H and O–H groups in total. The monoisotopic (exact) mass is 547 g/mol. The van der Waals surface area contributed by atoms with Gasteiger partial charge in [0, 0.05) is 29.5 Å². The number of benzene rings is 2. The summed E-state index contributed by atoms with van der Waals surface area (Å²) >= 11 is 5.82. The van der Waals surface area contributed by atoms with E-state index in [1.54, 1.807) is 36.5 Å². The van der Waals surface area contributed by atoms with Crippen LogP contribution in [0.2, 0.25) is 0 Å². The third-order valence-corrected chi connectivity index (χ3v) is 7.26. The summed E-state index contributed by atoms with van der Waals surface area (Å²) in [6.07, 6.45) is 4.77. The highest BCUT2D eigenvalue weighted by Gasteiger charge is 2.42. The van der Waals surface area contributed by atoms with E-state index in [2.05, 4.69) is 15.0 Å². The second-order valence-corrected chi connectivity index (χ2v) is 11.2. The zero-order chi connectivity index (χ0) is 27.0. The molecule has 1 aliphatic rings. The number of nitrogens with one attached hydrogen (secondary N) is 2. The number of thiocarbonyl (C=S) groups is 1. The lowest BCUT2D eigenvalue weighted by atomic mass is 10.00. The average Bonchev–Trinajstić information content (AvgIpc) is 3.49. The van der Waals surface area contributed by atoms with Crippen molar-refractivity contribution in [3.8, 4) is 5.69 Å². The van der Waals surface area contributed by atoms with Crippen LogP contribution in [0.25, 0.3) is 5.69 Å². The van der Waals surface area contributed by atoms with Gasteiger partial charge in [0.1, 0.15) is 6.04 Å². The van der Waals surface area contributed by atoms with Crippen molar-refractivity contribution in [2.45, 2.75) is 19.0 Å². The highest BCUT2D eigenvalue weighted by atomic mass is 32.2. The van der Waals surface area contributed by atoms with Gasteiger partial charge in [-0.25, -0.2) is 13.2 Å². The molecule has 1 fully saturated rings. The van der Waals surface area contributed by atoms with Gasteiger partial charge >= 0.3 is 5.97 Å². The largest absolute Gasteiger partial charge is 0.478 e. The SMILES string of the molecule is Cc1cc(N2C(=S)N[C@@H](c3ccccn3)[C@H]2c2cccn2-c2ccc(C(=O)O)cc2)ccc1NS(C)(=O)=O. The number of hydrogen-bond acceptors (Lipinski definition) is 5. The number of aryl methyl sites for hydroxylation is 1. The molecular formula is C27H25N5O4S2. The van der Waals surface area contributed by atoms with Crippen LogP contribution in [0.3, 0.4) is 0 Å². The van der Waals surface area contributed by atoms with Gasteiger partial charge in [-0.05, 0) is 91.4 Å². The highest BCUT2D eigenvalue weighted by molar-refractivity contribution is 7.92. The average molecular weight is 548 g/mol. The standard InChI is InChI=1S/C27H25N5O4S2/c1-17-16-20(12-13-21(17)30-38(2,35)36)32-25(24(29-27(32)37)22-6-3-4-14-28-22)23-7-5-15-31(23)19-10-8-18(9-11-19)26(33)34/h3-16,24-25,30H,1-2H3,(H,29,37)(H,33,34)/t24-,25+/m0/s1. The van der Waals surface area contributed by atoms with Gasteiger partial charge in [-0.3, -0.25) is 9.71 Å². The third kappa shape index (κ3) is 4.98. The molecule has 9 nitrogen and oxygen atoms in total. The second-order valence-electron chi connectivity index (χ2n) is 9.03. The number of sulfonamides is 1. The van der Waals surface area contributed by atoms with Gasteiger partial charge in [-0.1, -0.05) is 6.07 Å². The van der Waals surface area contributed by atoms with Gasteiger partial charge in [-0.15, -0.1) is 0 Å². The lowest BCUT2D eigenvalue weighted by Gasteiger charge is -2.29. The van der Waals surface area contributed by atoms with Crippen molar-refractivity contribution in [1.29, 1.82) is 0 Å². The van der Waals surface area contributed by atoms with Crippen LogP contribution in [0.4, 0.5) is 11.4 Å². The molecule has 3 heterocycles. The number of nitrogens with zero attached hydrogens (tertiary/aromatic N) is 3. The Kier molecular flexibility index (Phi) is 6.64. The van der Waals surface area contributed by atoms with Crippen molar-refractivity contribution in [3.05, 3.63) is 108 Å². The van der Waals surface area contributed by atoms with Crippen LogP contribution in [-0.2, 0) is 10.0 Å². The topological polar surface area (TPSA) is 117 Å². The molecule has 1 aliphatic heterocycles. The van der Waals surface area contributed by atoms with E-state index in [4.69, 9.17) is 12.2 Å². The van der Waals surface area contributed by atoms with Crippen molar-refractivity contribution >= 4 is 44.7 Å². The minimum atomic E-state index is -3.43. The third-order valence-electron chi connectivity index (χ3n) is 6.36. The fourth-order valence-corrected chi connectivity index (χ4v) is 5.65. The normalized spacial score (nSPS) is 17.3. The Hall–Kier alpha value is -4.22. The lowest BCUT2D eigenvalue weighted by molar-refractivity contribution is 0.0697. The Morgan fingerprint density at radius 3 is 2.42 bits per heavy atom. The molecule has 0 unspecified atom stereocenters. The summed E-state index contributed by atoms with van der Waals surface area (Å²) in [5, 5.41) is 13.2. The van der Waals surface area contributed by atoms with Gasteiger partial charge in [-0.2, -0.15) is 0 Å². The van der Waals surface area contributed by atoms with Crippen molar-refractivity contribution < 1.29 is 18.3 Å². The Labute approximate surface area is 225 Å². The maximum absolute atomic E-state index is 11.8. The van der Waals surface area contributed by atoms with Crippen molar-refractivity contribution in [1.82, 2.24) is 14.9 Å². The molecule has 0 aliphatic carbocycles. The second kappa shape index (κ2) is 9.92. The molecule has 194 valence electrons. The summed E-state index contributed by atoms with van der Waals surface area (Å²) in [6, 6.07) is 21.2. The molecule has 38 heavy (non-hydrogen) atoms. The number of carboxylic acid groups (broad SMARTS) is 1. The van der Waals surface area contributed by atoms with Gasteiger partial charge < -0.3 is 19.9 Å². The molecule has 0 radical (unpaired) electrons. The van der Waals surface area contributed by atoms with E-state index in [0.29, 0.717) is 10.8 Å². The van der Waals surface area contributed by atoms with E-state index >= 15 is 0 Å². The molecule has 2 atom stereocenters. The summed E-state index contributed by atoms with van der Waals surface area (Å²) in [7, 11) is -3.43. The van der Waals surface area contributed by atoms with E-state index in [0.717, 1.165) is 34.6 Å². The first-order valence-electron chi connectivity index (χ1n) is 11.7. The van der Waals surface area contributed by atoms with E-state index in [1.807, 2.05) is 65.1 Å². The summed E-state index contributed by atoms with van der Waals surface area (Å²) in [6.45, 7) is 1.83. The van der Waals surface area contributed by atoms with Crippen LogP contribution in [0.1, 0.15) is 39.4 Å². The number of aromatic carboxylic acids is 1. The quantitative estimate of drug-likeness (QED) is 0.291. The van der Waals surface area contributed by atoms with Crippen LogP contribution in [0.5, 0.6) is 0 Å². The van der Waals surface area contributed by atoms with Crippen LogP contribution >= 0.6 is 12.2 Å². The van der Waals surface area contributed by atoms with Crippen LogP contribution in [-0.4, -0.2) is 40.4 Å². The number of hydrogen-bond donors (Lipinski definition) is 3. The maximum atomic E-state index is 11.8. The number of carbonyl (C=O) groups is 1. The number of anilines is 2. The van der Waals surface area contributed by atoms with Crippen LogP contribution < -0.4 is 14.9 Å². The van der Waals surface area contributed by atoms with Crippen molar-refractivity contribution in [2.24, 2.45) is 0 Å². The van der Waals surface area contributed by atoms with Gasteiger partial charge in [0.15, 0.2) is 5.11 Å². The zero-order valence-electron chi connectivity index (χ0n) is 20.6. The number of aromatic nitrogens is 2. The van der Waals surface area contributed by atoms with Crippen molar-refractivity contribution in [2.75, 3.05) is 15.9 Å². The number of carboxylic acids is 1. The lowest BCUT2D eigenvalue weighted by Crippen LogP contribution is -2.30. The molecule has 5 rings (SSSR count). The molecule has 1 saturated heterocycles. The first-order chi connectivity index (χ1) is 18.1. The minimum absolute atomic E-state index is 0.206. The minimum Gasteiger partial charge on any atom is -0.478 e. The predicted octanol–water partition coefficient (Wildman–Crippen LogP) is 4.43. The van der Waals surface area contributed by atoms with Crippen molar-refractivity contribution in [3.63, 3.8) is 0 Å². The molecular weight excluding hydrogens is 522 g/mol. The van der Waals surface area contributed by atoms with E-state index < -0.39 is 16.0 Å². The van der Waals surface area contributed by atoms with Crippen LogP contribution in [0, 0.1) is 6.92 Å². The number of rotatable bonds is 7. The fraction of sp³-hybridized carbons (Fsp3) is 0.148. The van der Waals surface area contributed by atoms with Gasteiger partial charge in [0.25, 0.3) is 0 Å². The molecule has 0 amide bonds. The van der Waals surface area contributed by atoms with Crippen LogP contribution in [0.15, 0.2) is 85.2 Å².